The molecule has 1 amide bonds. The second kappa shape index (κ2) is 8.92. The summed E-state index contributed by atoms with van der Waals surface area (Å²) in [7, 11) is 0. The number of amides is 1. The number of rotatable bonds is 4. The molecular weight excluding hydrogens is 463 g/mol. The van der Waals surface area contributed by atoms with Crippen LogP contribution in [0.3, 0.4) is 0 Å². The van der Waals surface area contributed by atoms with E-state index in [1.54, 1.807) is 18.2 Å². The SMILES string of the molecule is [C-]#[N+]c1c(N2CCOCC2)sc(C(=O)Nc2nc(C)cs2)c1-c1ccc(Cl)cc1Cl. The van der Waals surface area contributed by atoms with Crippen LogP contribution in [0, 0.1) is 13.5 Å². The van der Waals surface area contributed by atoms with Crippen molar-refractivity contribution in [1.82, 2.24) is 4.98 Å². The van der Waals surface area contributed by atoms with Crippen molar-refractivity contribution in [2.24, 2.45) is 0 Å². The van der Waals surface area contributed by atoms with E-state index in [0.29, 0.717) is 63.2 Å². The molecule has 1 N–H and O–H groups in total. The number of carbonyl (C=O) groups excluding carboxylic acids is 1. The van der Waals surface area contributed by atoms with Crippen molar-refractivity contribution in [2.75, 3.05) is 36.5 Å². The minimum absolute atomic E-state index is 0.320. The van der Waals surface area contributed by atoms with Crippen molar-refractivity contribution >= 4 is 67.6 Å². The standard InChI is InChI=1S/C20H16Cl2N4O2S2/c1-11-10-29-20(24-11)25-18(27)17-15(13-4-3-12(21)9-14(13)22)16(23-2)19(30-17)26-5-7-28-8-6-26/h3-4,9-10H,5-8H2,1H3,(H,24,25,27). The van der Waals surface area contributed by atoms with Crippen LogP contribution >= 0.6 is 45.9 Å². The number of nitrogens with one attached hydrogen (secondary N) is 1. The zero-order valence-electron chi connectivity index (χ0n) is 15.9. The number of ether oxygens (including phenoxy) is 1. The van der Waals surface area contributed by atoms with E-state index in [9.17, 15) is 4.79 Å². The van der Waals surface area contributed by atoms with Crippen LogP contribution in [0.1, 0.15) is 15.4 Å². The minimum atomic E-state index is -0.320. The molecule has 30 heavy (non-hydrogen) atoms. The molecule has 1 saturated heterocycles. The molecule has 4 rings (SSSR count). The number of aryl methyl sites for hydroxylation is 1. The van der Waals surface area contributed by atoms with Crippen LogP contribution < -0.4 is 10.2 Å². The van der Waals surface area contributed by atoms with Gasteiger partial charge in [-0.1, -0.05) is 29.3 Å². The molecule has 1 aromatic carbocycles. The van der Waals surface area contributed by atoms with E-state index in [0.717, 1.165) is 10.7 Å². The predicted octanol–water partition coefficient (Wildman–Crippen LogP) is 6.13. The van der Waals surface area contributed by atoms with Crippen molar-refractivity contribution < 1.29 is 9.53 Å². The maximum absolute atomic E-state index is 13.2. The number of nitrogens with zero attached hydrogens (tertiary/aromatic N) is 3. The summed E-state index contributed by atoms with van der Waals surface area (Å²) < 4.78 is 5.44. The third-order valence-corrected chi connectivity index (χ3v) is 7.18. The smallest absolute Gasteiger partial charge is 0.266 e. The number of benzene rings is 1. The maximum Gasteiger partial charge on any atom is 0.266 e. The van der Waals surface area contributed by atoms with E-state index in [1.165, 1.54) is 22.7 Å². The predicted molar refractivity (Wildman–Crippen MR) is 124 cm³/mol. The quantitative estimate of drug-likeness (QED) is 0.458. The Morgan fingerprint density at radius 1 is 1.33 bits per heavy atom. The number of thiophene rings is 1. The Kier molecular flexibility index (Phi) is 6.27. The molecule has 0 aliphatic carbocycles. The lowest BCUT2D eigenvalue weighted by molar-refractivity contribution is 0.103. The summed E-state index contributed by atoms with van der Waals surface area (Å²) in [5.41, 5.74) is 2.36. The van der Waals surface area contributed by atoms with E-state index < -0.39 is 0 Å². The van der Waals surface area contributed by atoms with Crippen molar-refractivity contribution in [1.29, 1.82) is 0 Å². The molecule has 1 fully saturated rings. The molecule has 1 aliphatic rings. The molecule has 3 aromatic rings. The van der Waals surface area contributed by atoms with Crippen LogP contribution in [0.2, 0.25) is 10.0 Å². The lowest BCUT2D eigenvalue weighted by atomic mass is 10.0. The Labute approximate surface area is 191 Å². The van der Waals surface area contributed by atoms with Crippen LogP contribution in [0.25, 0.3) is 16.0 Å². The number of hydrogen-bond donors (Lipinski definition) is 1. The van der Waals surface area contributed by atoms with Gasteiger partial charge in [-0.05, 0) is 24.6 Å². The van der Waals surface area contributed by atoms with Gasteiger partial charge >= 0.3 is 0 Å². The molecule has 0 unspecified atom stereocenters. The van der Waals surface area contributed by atoms with Crippen molar-refractivity contribution in [3.63, 3.8) is 0 Å². The van der Waals surface area contributed by atoms with Gasteiger partial charge in [0.15, 0.2) is 5.13 Å². The molecule has 1 aliphatic heterocycles. The van der Waals surface area contributed by atoms with Crippen molar-refractivity contribution in [3.05, 3.63) is 55.6 Å². The summed E-state index contributed by atoms with van der Waals surface area (Å²) >= 11 is 15.2. The van der Waals surface area contributed by atoms with Gasteiger partial charge in [0.25, 0.3) is 5.91 Å². The number of carbonyl (C=O) groups is 1. The highest BCUT2D eigenvalue weighted by atomic mass is 35.5. The number of hydrogen-bond acceptors (Lipinski definition) is 6. The summed E-state index contributed by atoms with van der Waals surface area (Å²) in [6.45, 7) is 12.2. The highest BCUT2D eigenvalue weighted by Crippen LogP contribution is 2.50. The number of halogens is 2. The largest absolute Gasteiger partial charge is 0.378 e. The molecular formula is C20H16Cl2N4O2S2. The van der Waals surface area contributed by atoms with Crippen LogP contribution in [0.4, 0.5) is 15.8 Å². The Balaban J connectivity index is 1.85. The van der Waals surface area contributed by atoms with Crippen LogP contribution in [0.5, 0.6) is 0 Å². The number of anilines is 2. The second-order valence-electron chi connectivity index (χ2n) is 6.54. The van der Waals surface area contributed by atoms with Gasteiger partial charge in [0.05, 0.1) is 35.4 Å². The van der Waals surface area contributed by atoms with Gasteiger partial charge in [0.1, 0.15) is 0 Å². The van der Waals surface area contributed by atoms with Gasteiger partial charge in [-0.3, -0.25) is 10.1 Å². The van der Waals surface area contributed by atoms with E-state index in [-0.39, 0.29) is 5.91 Å². The Morgan fingerprint density at radius 2 is 2.10 bits per heavy atom. The highest BCUT2D eigenvalue weighted by Gasteiger charge is 2.29. The van der Waals surface area contributed by atoms with Gasteiger partial charge in [-0.2, -0.15) is 0 Å². The maximum atomic E-state index is 13.2. The first kappa shape index (κ1) is 21.1. The van der Waals surface area contributed by atoms with E-state index in [4.69, 9.17) is 34.5 Å². The van der Waals surface area contributed by atoms with Gasteiger partial charge in [0, 0.05) is 34.1 Å². The lowest BCUT2D eigenvalue weighted by Gasteiger charge is -2.28. The molecule has 0 saturated carbocycles. The topological polar surface area (TPSA) is 58.8 Å². The number of thiazole rings is 1. The average molecular weight is 479 g/mol. The zero-order chi connectivity index (χ0) is 21.3. The number of morpholine rings is 1. The van der Waals surface area contributed by atoms with Gasteiger partial charge < -0.3 is 9.64 Å². The summed E-state index contributed by atoms with van der Waals surface area (Å²) in [5, 5.41) is 6.85. The zero-order valence-corrected chi connectivity index (χ0v) is 19.0. The first-order valence-electron chi connectivity index (χ1n) is 9.03. The third-order valence-electron chi connectivity index (χ3n) is 4.52. The summed E-state index contributed by atoms with van der Waals surface area (Å²) in [6, 6.07) is 5.06. The third kappa shape index (κ3) is 4.17. The van der Waals surface area contributed by atoms with Crippen LogP contribution in [0.15, 0.2) is 23.6 Å². The van der Waals surface area contributed by atoms with Gasteiger partial charge in [0.2, 0.25) is 5.69 Å². The molecule has 10 heteroatoms. The number of aromatic nitrogens is 1. The van der Waals surface area contributed by atoms with Crippen molar-refractivity contribution in [3.8, 4) is 11.1 Å². The van der Waals surface area contributed by atoms with E-state index in [1.807, 2.05) is 12.3 Å². The fourth-order valence-corrected chi connectivity index (χ4v) is 5.55. The summed E-state index contributed by atoms with van der Waals surface area (Å²) in [4.78, 5) is 23.8. The van der Waals surface area contributed by atoms with Gasteiger partial charge in [-0.15, -0.1) is 22.7 Å². The van der Waals surface area contributed by atoms with Crippen molar-refractivity contribution in [2.45, 2.75) is 6.92 Å². The monoisotopic (exact) mass is 478 g/mol. The molecule has 2 aromatic heterocycles. The summed E-state index contributed by atoms with van der Waals surface area (Å²) in [5.74, 6) is -0.320. The molecule has 0 bridgehead atoms. The summed E-state index contributed by atoms with van der Waals surface area (Å²) in [6.07, 6.45) is 0. The minimum Gasteiger partial charge on any atom is -0.378 e. The lowest BCUT2D eigenvalue weighted by Crippen LogP contribution is -2.35. The second-order valence-corrected chi connectivity index (χ2v) is 9.24. The fraction of sp³-hybridized carbons (Fsp3) is 0.250. The molecule has 6 nitrogen and oxygen atoms in total. The molecule has 0 atom stereocenters. The first-order valence-corrected chi connectivity index (χ1v) is 11.5. The molecule has 154 valence electrons. The van der Waals surface area contributed by atoms with Gasteiger partial charge in [-0.25, -0.2) is 9.83 Å². The Bertz CT molecular complexity index is 1150. The molecule has 0 radical (unpaired) electrons. The van der Waals surface area contributed by atoms with E-state index >= 15 is 0 Å². The molecule has 3 heterocycles. The van der Waals surface area contributed by atoms with Crippen LogP contribution in [-0.4, -0.2) is 37.2 Å². The Morgan fingerprint density at radius 3 is 2.73 bits per heavy atom. The first-order chi connectivity index (χ1) is 14.5. The normalized spacial score (nSPS) is 13.9. The average Bonchev–Trinajstić information content (AvgIpc) is 3.32. The van der Waals surface area contributed by atoms with Crippen LogP contribution in [-0.2, 0) is 4.74 Å². The fourth-order valence-electron chi connectivity index (χ4n) is 3.16. The molecule has 0 spiro atoms. The highest BCUT2D eigenvalue weighted by molar-refractivity contribution is 7.19. The van der Waals surface area contributed by atoms with E-state index in [2.05, 4.69) is 20.0 Å². The Hall–Kier alpha value is -2.15.